The number of hydrogen-bond donors (Lipinski definition) is 0. The maximum atomic E-state index is 13.4. The Morgan fingerprint density at radius 2 is 1.00 bits per heavy atom. The van der Waals surface area contributed by atoms with E-state index in [9.17, 15) is 16.8 Å². The number of rotatable bonds is 5. The third kappa shape index (κ3) is 3.79. The topological polar surface area (TPSA) is 68.3 Å². The monoisotopic (exact) mass is 434 g/mol. The summed E-state index contributed by atoms with van der Waals surface area (Å²) < 4.78 is 52.8. The minimum Gasteiger partial charge on any atom is -0.218 e. The van der Waals surface area contributed by atoms with Crippen molar-refractivity contribution in [2.24, 2.45) is 0 Å². The third-order valence-corrected chi connectivity index (χ3v) is 9.09. The molecule has 0 amide bonds. The van der Waals surface area contributed by atoms with E-state index < -0.39 is 23.9 Å². The van der Waals surface area contributed by atoms with E-state index >= 15 is 0 Å². The Hall–Kier alpha value is -3.22. The summed E-state index contributed by atoms with van der Waals surface area (Å²) in [6.45, 7) is 0. The Kier molecular flexibility index (Phi) is 5.28. The average molecular weight is 435 g/mol. The zero-order valence-electron chi connectivity index (χ0n) is 15.8. The smallest absolute Gasteiger partial charge is 0.217 e. The lowest BCUT2D eigenvalue weighted by molar-refractivity contribution is 0.595. The van der Waals surface area contributed by atoms with Gasteiger partial charge in [-0.25, -0.2) is 16.8 Å². The summed E-state index contributed by atoms with van der Waals surface area (Å²) in [6.07, 6.45) is 1.23. The van der Waals surface area contributed by atoms with E-state index in [1.165, 1.54) is 30.3 Å². The second kappa shape index (κ2) is 7.89. The predicted octanol–water partition coefficient (Wildman–Crippen LogP) is 5.09. The van der Waals surface area contributed by atoms with Gasteiger partial charge in [0.25, 0.3) is 0 Å². The summed E-state index contributed by atoms with van der Waals surface area (Å²) in [5.41, 5.74) is 0.489. The van der Waals surface area contributed by atoms with Crippen LogP contribution >= 0.6 is 0 Å². The van der Waals surface area contributed by atoms with Crippen molar-refractivity contribution >= 4 is 36.5 Å². The molecule has 0 bridgehead atoms. The van der Waals surface area contributed by atoms with Crippen LogP contribution in [0.1, 0.15) is 5.56 Å². The highest BCUT2D eigenvalue weighted by atomic mass is 32.3. The van der Waals surface area contributed by atoms with Gasteiger partial charge in [-0.2, -0.15) is 0 Å². The van der Waals surface area contributed by atoms with Gasteiger partial charge in [0, 0.05) is 0 Å². The molecular formula is C24H18O4S2. The van der Waals surface area contributed by atoms with Crippen LogP contribution in [0, 0.1) is 0 Å². The molecule has 0 atom stereocenters. The first-order valence-corrected chi connectivity index (χ1v) is 12.2. The molecule has 0 unspecified atom stereocenters. The van der Waals surface area contributed by atoms with Crippen molar-refractivity contribution in [2.45, 2.75) is 9.79 Å². The van der Waals surface area contributed by atoms with E-state index in [2.05, 4.69) is 0 Å². The molecule has 0 heterocycles. The van der Waals surface area contributed by atoms with Crippen LogP contribution < -0.4 is 0 Å². The van der Waals surface area contributed by atoms with E-state index in [1.807, 2.05) is 30.3 Å². The number of hydrogen-bond acceptors (Lipinski definition) is 4. The Labute approximate surface area is 176 Å². The normalized spacial score (nSPS) is 11.9. The van der Waals surface area contributed by atoms with Crippen LogP contribution in [0.4, 0.5) is 0 Å². The first-order chi connectivity index (χ1) is 14.4. The highest BCUT2D eigenvalue weighted by Crippen LogP contribution is 2.31. The molecule has 150 valence electrons. The molecule has 0 aliphatic rings. The molecule has 30 heavy (non-hydrogen) atoms. The Balaban J connectivity index is 1.97. The van der Waals surface area contributed by atoms with Crippen molar-refractivity contribution in [2.75, 3.05) is 0 Å². The first-order valence-electron chi connectivity index (χ1n) is 9.20. The molecule has 0 fully saturated rings. The molecule has 0 N–H and O–H groups in total. The van der Waals surface area contributed by atoms with E-state index in [-0.39, 0.29) is 9.79 Å². The maximum absolute atomic E-state index is 13.4. The lowest BCUT2D eigenvalue weighted by atomic mass is 10.1. The molecular weight excluding hydrogens is 416 g/mol. The van der Waals surface area contributed by atoms with Crippen LogP contribution in [0.2, 0.25) is 0 Å². The van der Waals surface area contributed by atoms with Gasteiger partial charge in [0.2, 0.25) is 19.7 Å². The highest BCUT2D eigenvalue weighted by Gasteiger charge is 2.33. The summed E-state index contributed by atoms with van der Waals surface area (Å²) in [7, 11) is -8.57. The fourth-order valence-corrected chi connectivity index (χ4v) is 6.98. The molecule has 0 spiro atoms. The number of benzene rings is 4. The van der Waals surface area contributed by atoms with Crippen molar-refractivity contribution in [3.05, 3.63) is 113 Å². The first kappa shape index (κ1) is 20.1. The molecule has 6 heteroatoms. The minimum atomic E-state index is -4.29. The second-order valence-electron chi connectivity index (χ2n) is 6.70. The van der Waals surface area contributed by atoms with Crippen molar-refractivity contribution < 1.29 is 16.8 Å². The van der Waals surface area contributed by atoms with Gasteiger partial charge in [0.05, 0.1) is 9.79 Å². The van der Waals surface area contributed by atoms with Crippen LogP contribution in [0.3, 0.4) is 0 Å². The van der Waals surface area contributed by atoms with Gasteiger partial charge in [0.15, 0.2) is 4.24 Å². The van der Waals surface area contributed by atoms with Crippen molar-refractivity contribution in [3.63, 3.8) is 0 Å². The van der Waals surface area contributed by atoms with E-state index in [1.54, 1.807) is 48.5 Å². The van der Waals surface area contributed by atoms with Gasteiger partial charge in [-0.15, -0.1) is 0 Å². The van der Waals surface area contributed by atoms with E-state index in [0.29, 0.717) is 5.56 Å². The summed E-state index contributed by atoms with van der Waals surface area (Å²) in [6, 6.07) is 28.1. The summed E-state index contributed by atoms with van der Waals surface area (Å²) in [5.74, 6) is 0. The molecule has 0 radical (unpaired) electrons. The lowest BCUT2D eigenvalue weighted by Crippen LogP contribution is -2.15. The van der Waals surface area contributed by atoms with Crippen molar-refractivity contribution in [1.29, 1.82) is 0 Å². The fourth-order valence-electron chi connectivity index (χ4n) is 3.16. The fraction of sp³-hybridized carbons (Fsp3) is 0. The molecule has 0 aliphatic carbocycles. The van der Waals surface area contributed by atoms with Crippen LogP contribution in [0.5, 0.6) is 0 Å². The van der Waals surface area contributed by atoms with Gasteiger partial charge in [-0.1, -0.05) is 72.8 Å². The zero-order chi connectivity index (χ0) is 21.2. The number of fused-ring (bicyclic) bond motifs is 1. The van der Waals surface area contributed by atoms with Crippen LogP contribution in [0.25, 0.3) is 16.8 Å². The van der Waals surface area contributed by atoms with Gasteiger partial charge in [-0.3, -0.25) is 0 Å². The molecule has 0 aromatic heterocycles. The summed E-state index contributed by atoms with van der Waals surface area (Å²) >= 11 is 0. The third-order valence-electron chi connectivity index (χ3n) is 4.69. The lowest BCUT2D eigenvalue weighted by Gasteiger charge is -2.11. The summed E-state index contributed by atoms with van der Waals surface area (Å²) in [4.78, 5) is -0.145. The minimum absolute atomic E-state index is 0.0726. The molecule has 4 rings (SSSR count). The standard InChI is InChI=1S/C24H18O4S2/c25-29(26,22-11-3-1-4-12-22)24(30(27,28)23-13-5-2-6-14-23)18-19-15-16-20-9-7-8-10-21(20)17-19/h1-18H. The number of sulfone groups is 2. The zero-order valence-corrected chi connectivity index (χ0v) is 17.5. The van der Waals surface area contributed by atoms with Gasteiger partial charge in [0.1, 0.15) is 0 Å². The predicted molar refractivity (Wildman–Crippen MR) is 119 cm³/mol. The van der Waals surface area contributed by atoms with Crippen molar-refractivity contribution in [3.8, 4) is 0 Å². The van der Waals surface area contributed by atoms with E-state index in [0.717, 1.165) is 10.8 Å². The molecule has 4 nitrogen and oxygen atoms in total. The second-order valence-corrected chi connectivity index (χ2v) is 10.8. The van der Waals surface area contributed by atoms with E-state index in [4.69, 9.17) is 0 Å². The molecule has 4 aromatic carbocycles. The quantitative estimate of drug-likeness (QED) is 0.439. The molecule has 0 saturated carbocycles. The van der Waals surface area contributed by atoms with Gasteiger partial charge >= 0.3 is 0 Å². The Bertz CT molecular complexity index is 1370. The molecule has 0 aliphatic heterocycles. The van der Waals surface area contributed by atoms with Gasteiger partial charge < -0.3 is 0 Å². The van der Waals surface area contributed by atoms with Crippen molar-refractivity contribution in [1.82, 2.24) is 0 Å². The molecule has 0 saturated heterocycles. The highest BCUT2D eigenvalue weighted by molar-refractivity contribution is 8.14. The average Bonchev–Trinajstić information content (AvgIpc) is 2.78. The Morgan fingerprint density at radius 3 is 1.53 bits per heavy atom. The molecule has 4 aromatic rings. The SMILES string of the molecule is O=S(=O)(C(=Cc1ccc2ccccc2c1)S(=O)(=O)c1ccccc1)c1ccccc1. The van der Waals surface area contributed by atoms with Crippen LogP contribution in [-0.4, -0.2) is 16.8 Å². The largest absolute Gasteiger partial charge is 0.218 e. The van der Waals surface area contributed by atoms with Crippen LogP contribution in [-0.2, 0) is 19.7 Å². The maximum Gasteiger partial charge on any atom is 0.217 e. The van der Waals surface area contributed by atoms with Crippen LogP contribution in [0.15, 0.2) is 117 Å². The Morgan fingerprint density at radius 1 is 0.533 bits per heavy atom. The summed E-state index contributed by atoms with van der Waals surface area (Å²) in [5, 5.41) is 1.87. The van der Waals surface area contributed by atoms with Gasteiger partial charge in [-0.05, 0) is 52.7 Å².